The zero-order valence-corrected chi connectivity index (χ0v) is 13.7. The van der Waals surface area contributed by atoms with Crippen molar-refractivity contribution in [1.82, 2.24) is 10.3 Å². The van der Waals surface area contributed by atoms with Crippen LogP contribution in [0.1, 0.15) is 13.3 Å². The summed E-state index contributed by atoms with van der Waals surface area (Å²) in [7, 11) is 1.59. The number of hydrogen-bond acceptors (Lipinski definition) is 5. The third-order valence-corrected chi connectivity index (χ3v) is 3.23. The average Bonchev–Trinajstić information content (AvgIpc) is 2.57. The van der Waals surface area contributed by atoms with E-state index in [-0.39, 0.29) is 24.6 Å². The van der Waals surface area contributed by atoms with Crippen LogP contribution in [0.15, 0.2) is 42.6 Å². The van der Waals surface area contributed by atoms with Crippen LogP contribution in [0.4, 0.5) is 10.5 Å². The first-order valence-corrected chi connectivity index (χ1v) is 7.57. The Bertz CT molecular complexity index is 661. The van der Waals surface area contributed by atoms with Crippen LogP contribution in [0.5, 0.6) is 17.4 Å². The molecule has 0 aliphatic heterocycles. The topological polar surface area (TPSA) is 92.7 Å². The van der Waals surface area contributed by atoms with Crippen molar-refractivity contribution in [3.05, 3.63) is 42.6 Å². The van der Waals surface area contributed by atoms with Crippen molar-refractivity contribution < 1.29 is 19.4 Å². The van der Waals surface area contributed by atoms with Crippen LogP contribution in [0.2, 0.25) is 0 Å². The molecule has 0 radical (unpaired) electrons. The van der Waals surface area contributed by atoms with E-state index in [9.17, 15) is 4.79 Å². The second kappa shape index (κ2) is 8.73. The Morgan fingerprint density at radius 1 is 1.25 bits per heavy atom. The number of aliphatic hydroxyl groups excluding tert-OH is 1. The van der Waals surface area contributed by atoms with Gasteiger partial charge < -0.3 is 25.2 Å². The number of carbonyl (C=O) groups excluding carboxylic acids is 1. The molecular weight excluding hydrogens is 310 g/mol. The molecule has 2 amide bonds. The summed E-state index contributed by atoms with van der Waals surface area (Å²) >= 11 is 0. The van der Waals surface area contributed by atoms with Gasteiger partial charge in [-0.1, -0.05) is 0 Å². The van der Waals surface area contributed by atoms with Crippen LogP contribution >= 0.6 is 0 Å². The first-order valence-electron chi connectivity index (χ1n) is 7.57. The number of carbonyl (C=O) groups is 1. The smallest absolute Gasteiger partial charge is 0.319 e. The summed E-state index contributed by atoms with van der Waals surface area (Å²) in [6.45, 7) is 1.83. The normalized spacial score (nSPS) is 11.5. The van der Waals surface area contributed by atoms with E-state index in [4.69, 9.17) is 14.6 Å². The third kappa shape index (κ3) is 5.13. The van der Waals surface area contributed by atoms with E-state index in [1.807, 2.05) is 6.92 Å². The van der Waals surface area contributed by atoms with E-state index in [1.165, 1.54) is 0 Å². The number of benzene rings is 1. The molecule has 7 nitrogen and oxygen atoms in total. The number of nitrogens with zero attached hydrogens (tertiary/aromatic N) is 1. The number of nitrogens with one attached hydrogen (secondary N) is 2. The van der Waals surface area contributed by atoms with Gasteiger partial charge in [-0.05, 0) is 49.7 Å². The molecule has 0 spiro atoms. The molecule has 1 aromatic heterocycles. The molecule has 0 bridgehead atoms. The summed E-state index contributed by atoms with van der Waals surface area (Å²) in [5.74, 6) is 1.58. The summed E-state index contributed by atoms with van der Waals surface area (Å²) in [6.07, 6.45) is 2.06. The fourth-order valence-corrected chi connectivity index (χ4v) is 1.97. The molecule has 0 unspecified atom stereocenters. The first-order chi connectivity index (χ1) is 11.6. The molecule has 1 aromatic carbocycles. The van der Waals surface area contributed by atoms with Gasteiger partial charge in [0.1, 0.15) is 17.2 Å². The summed E-state index contributed by atoms with van der Waals surface area (Å²) in [6, 6.07) is 9.92. The van der Waals surface area contributed by atoms with Gasteiger partial charge in [0.05, 0.1) is 7.11 Å². The standard InChI is InChI=1S/C17H21N3O4/c1-12(9-11-21)19-17(22)20-15-4-3-10-18-16(15)24-14-7-5-13(23-2)6-8-14/h3-8,10,12,21H,9,11H2,1-2H3,(H2,19,20,22)/t12-/m0/s1. The largest absolute Gasteiger partial charge is 0.497 e. The zero-order valence-electron chi connectivity index (χ0n) is 13.7. The Morgan fingerprint density at radius 2 is 1.96 bits per heavy atom. The van der Waals surface area contributed by atoms with Crippen molar-refractivity contribution in [1.29, 1.82) is 0 Å². The van der Waals surface area contributed by atoms with Gasteiger partial charge in [-0.25, -0.2) is 9.78 Å². The molecule has 128 valence electrons. The number of amides is 2. The molecular formula is C17H21N3O4. The van der Waals surface area contributed by atoms with Gasteiger partial charge >= 0.3 is 6.03 Å². The summed E-state index contributed by atoms with van der Waals surface area (Å²) < 4.78 is 10.8. The van der Waals surface area contributed by atoms with Gasteiger partial charge in [-0.2, -0.15) is 0 Å². The lowest BCUT2D eigenvalue weighted by atomic mass is 10.2. The van der Waals surface area contributed by atoms with Crippen molar-refractivity contribution in [2.75, 3.05) is 19.0 Å². The molecule has 3 N–H and O–H groups in total. The molecule has 0 aliphatic rings. The monoisotopic (exact) mass is 331 g/mol. The third-order valence-electron chi connectivity index (χ3n) is 3.23. The highest BCUT2D eigenvalue weighted by Crippen LogP contribution is 2.27. The van der Waals surface area contributed by atoms with Gasteiger partial charge in [0, 0.05) is 18.8 Å². The highest BCUT2D eigenvalue weighted by molar-refractivity contribution is 5.90. The number of aromatic nitrogens is 1. The van der Waals surface area contributed by atoms with Crippen LogP contribution in [0, 0.1) is 0 Å². The quantitative estimate of drug-likeness (QED) is 0.725. The number of rotatable bonds is 7. The van der Waals surface area contributed by atoms with Gasteiger partial charge in [0.25, 0.3) is 0 Å². The molecule has 0 saturated carbocycles. The van der Waals surface area contributed by atoms with E-state index in [0.717, 1.165) is 5.75 Å². The summed E-state index contributed by atoms with van der Waals surface area (Å²) in [5, 5.41) is 14.3. The van der Waals surface area contributed by atoms with Crippen LogP contribution in [-0.4, -0.2) is 35.9 Å². The van der Waals surface area contributed by atoms with Crippen molar-refractivity contribution in [2.45, 2.75) is 19.4 Å². The lowest BCUT2D eigenvalue weighted by Crippen LogP contribution is -2.36. The van der Waals surface area contributed by atoms with E-state index in [1.54, 1.807) is 49.7 Å². The van der Waals surface area contributed by atoms with E-state index in [0.29, 0.717) is 17.9 Å². The Kier molecular flexibility index (Phi) is 6.39. The molecule has 0 saturated heterocycles. The fourth-order valence-electron chi connectivity index (χ4n) is 1.97. The Hall–Kier alpha value is -2.80. The summed E-state index contributed by atoms with van der Waals surface area (Å²) in [4.78, 5) is 16.1. The van der Waals surface area contributed by atoms with E-state index >= 15 is 0 Å². The molecule has 24 heavy (non-hydrogen) atoms. The van der Waals surface area contributed by atoms with Crippen molar-refractivity contribution in [3.8, 4) is 17.4 Å². The van der Waals surface area contributed by atoms with Crippen molar-refractivity contribution in [2.24, 2.45) is 0 Å². The summed E-state index contributed by atoms with van der Waals surface area (Å²) in [5.41, 5.74) is 0.446. The molecule has 1 heterocycles. The van der Waals surface area contributed by atoms with Crippen molar-refractivity contribution in [3.63, 3.8) is 0 Å². The highest BCUT2D eigenvalue weighted by atomic mass is 16.5. The van der Waals surface area contributed by atoms with Crippen molar-refractivity contribution >= 4 is 11.7 Å². The van der Waals surface area contributed by atoms with Gasteiger partial charge in [0.15, 0.2) is 0 Å². The fraction of sp³-hybridized carbons (Fsp3) is 0.294. The van der Waals surface area contributed by atoms with Gasteiger partial charge in [-0.3, -0.25) is 0 Å². The molecule has 1 atom stereocenters. The molecule has 2 aromatic rings. The molecule has 2 rings (SSSR count). The number of methoxy groups -OCH3 is 1. The molecule has 7 heteroatoms. The molecule has 0 aliphatic carbocycles. The predicted molar refractivity (Wildman–Crippen MR) is 90.6 cm³/mol. The number of hydrogen-bond donors (Lipinski definition) is 3. The Morgan fingerprint density at radius 3 is 2.62 bits per heavy atom. The van der Waals surface area contributed by atoms with Crippen LogP contribution in [0.3, 0.4) is 0 Å². The maximum absolute atomic E-state index is 12.0. The average molecular weight is 331 g/mol. The van der Waals surface area contributed by atoms with Crippen LogP contribution < -0.4 is 20.1 Å². The highest BCUT2D eigenvalue weighted by Gasteiger charge is 2.11. The van der Waals surface area contributed by atoms with Gasteiger partial charge in [-0.15, -0.1) is 0 Å². The number of ether oxygens (including phenoxy) is 2. The first kappa shape index (κ1) is 17.6. The zero-order chi connectivity index (χ0) is 17.4. The number of pyridine rings is 1. The number of urea groups is 1. The van der Waals surface area contributed by atoms with E-state index in [2.05, 4.69) is 15.6 Å². The second-order valence-electron chi connectivity index (χ2n) is 5.15. The number of anilines is 1. The van der Waals surface area contributed by atoms with E-state index < -0.39 is 0 Å². The number of aliphatic hydroxyl groups is 1. The SMILES string of the molecule is COc1ccc(Oc2ncccc2NC(=O)N[C@@H](C)CCO)cc1. The van der Waals surface area contributed by atoms with Gasteiger partial charge in [0.2, 0.25) is 5.88 Å². The second-order valence-corrected chi connectivity index (χ2v) is 5.15. The molecule has 0 fully saturated rings. The minimum Gasteiger partial charge on any atom is -0.497 e. The minimum absolute atomic E-state index is 0.0141. The lowest BCUT2D eigenvalue weighted by molar-refractivity contribution is 0.241. The minimum atomic E-state index is -0.386. The Balaban J connectivity index is 2.05. The lowest BCUT2D eigenvalue weighted by Gasteiger charge is -2.15. The maximum atomic E-state index is 12.0. The maximum Gasteiger partial charge on any atom is 0.319 e. The van der Waals surface area contributed by atoms with Crippen LogP contribution in [0.25, 0.3) is 0 Å². The van der Waals surface area contributed by atoms with Crippen LogP contribution in [-0.2, 0) is 0 Å². The predicted octanol–water partition coefficient (Wildman–Crippen LogP) is 2.77. The Labute approximate surface area is 140 Å².